The van der Waals surface area contributed by atoms with Gasteiger partial charge < -0.3 is 20.1 Å². The van der Waals surface area contributed by atoms with E-state index >= 15 is 0 Å². The highest BCUT2D eigenvalue weighted by atomic mass is 16.5. The molecule has 0 bridgehead atoms. The first-order chi connectivity index (χ1) is 10.9. The summed E-state index contributed by atoms with van der Waals surface area (Å²) in [7, 11) is 3.05. The van der Waals surface area contributed by atoms with E-state index in [1.165, 1.54) is 7.11 Å². The minimum atomic E-state index is -0.352. The summed E-state index contributed by atoms with van der Waals surface area (Å²) in [5, 5.41) is 5.30. The van der Waals surface area contributed by atoms with Gasteiger partial charge in [0.25, 0.3) is 5.91 Å². The van der Waals surface area contributed by atoms with Gasteiger partial charge in [0.1, 0.15) is 0 Å². The highest BCUT2D eigenvalue weighted by molar-refractivity contribution is 5.97. The van der Waals surface area contributed by atoms with E-state index in [1.807, 2.05) is 13.8 Å². The molecule has 0 aliphatic carbocycles. The zero-order chi connectivity index (χ0) is 17.4. The zero-order valence-electron chi connectivity index (χ0n) is 14.1. The summed E-state index contributed by atoms with van der Waals surface area (Å²) in [4.78, 5) is 23.8. The molecule has 1 rings (SSSR count). The molecule has 0 spiro atoms. The number of allylic oxidation sites excluding steroid dienone is 1. The van der Waals surface area contributed by atoms with Crippen LogP contribution in [0.25, 0.3) is 0 Å². The Balaban J connectivity index is 2.94. The molecule has 0 unspecified atom stereocenters. The topological polar surface area (TPSA) is 76.7 Å². The third-order valence-corrected chi connectivity index (χ3v) is 3.04. The molecule has 0 atom stereocenters. The Bertz CT molecular complexity index is 582. The van der Waals surface area contributed by atoms with Gasteiger partial charge in [-0.15, -0.1) is 6.58 Å². The lowest BCUT2D eigenvalue weighted by atomic mass is 10.0. The van der Waals surface area contributed by atoms with Crippen molar-refractivity contribution in [2.45, 2.75) is 26.3 Å². The highest BCUT2D eigenvalue weighted by Crippen LogP contribution is 2.33. The number of carbonyl (C=O) groups is 2. The number of ether oxygens (including phenoxy) is 2. The Morgan fingerprint density at radius 1 is 1.26 bits per heavy atom. The lowest BCUT2D eigenvalue weighted by Gasteiger charge is -2.14. The van der Waals surface area contributed by atoms with E-state index in [1.54, 1.807) is 25.3 Å². The van der Waals surface area contributed by atoms with Crippen molar-refractivity contribution in [3.8, 4) is 11.5 Å². The van der Waals surface area contributed by atoms with Crippen LogP contribution in [0.2, 0.25) is 0 Å². The third kappa shape index (κ3) is 5.32. The predicted octanol–water partition coefficient (Wildman–Crippen LogP) is 1.69. The minimum Gasteiger partial charge on any atom is -0.493 e. The number of nitrogens with one attached hydrogen (secondary N) is 2. The van der Waals surface area contributed by atoms with Crippen molar-refractivity contribution in [3.63, 3.8) is 0 Å². The molecule has 126 valence electrons. The van der Waals surface area contributed by atoms with E-state index in [4.69, 9.17) is 9.47 Å². The largest absolute Gasteiger partial charge is 0.493 e. The van der Waals surface area contributed by atoms with Gasteiger partial charge in [-0.3, -0.25) is 9.59 Å². The molecule has 0 saturated carbocycles. The van der Waals surface area contributed by atoms with Crippen molar-refractivity contribution in [1.29, 1.82) is 0 Å². The van der Waals surface area contributed by atoms with Crippen molar-refractivity contribution >= 4 is 11.8 Å². The first-order valence-electron chi connectivity index (χ1n) is 7.36. The second-order valence-electron chi connectivity index (χ2n) is 5.27. The van der Waals surface area contributed by atoms with Gasteiger partial charge in [-0.25, -0.2) is 0 Å². The van der Waals surface area contributed by atoms with Gasteiger partial charge in [0.05, 0.1) is 20.8 Å². The minimum absolute atomic E-state index is 0.0275. The van der Waals surface area contributed by atoms with Crippen LogP contribution in [-0.2, 0) is 11.2 Å². The molecule has 0 aromatic heterocycles. The van der Waals surface area contributed by atoms with Crippen LogP contribution >= 0.6 is 0 Å². The molecule has 0 radical (unpaired) electrons. The van der Waals surface area contributed by atoms with Crippen LogP contribution in [0, 0.1) is 0 Å². The van der Waals surface area contributed by atoms with Crippen LogP contribution in [0.1, 0.15) is 29.8 Å². The fourth-order valence-corrected chi connectivity index (χ4v) is 2.12. The van der Waals surface area contributed by atoms with Crippen LogP contribution < -0.4 is 20.1 Å². The monoisotopic (exact) mass is 320 g/mol. The normalized spacial score (nSPS) is 10.1. The molecule has 0 saturated heterocycles. The molecule has 2 N–H and O–H groups in total. The van der Waals surface area contributed by atoms with Gasteiger partial charge in [0.15, 0.2) is 11.5 Å². The summed E-state index contributed by atoms with van der Waals surface area (Å²) in [5.41, 5.74) is 1.19. The van der Waals surface area contributed by atoms with E-state index in [0.29, 0.717) is 23.5 Å². The number of benzene rings is 1. The summed E-state index contributed by atoms with van der Waals surface area (Å²) < 4.78 is 10.6. The van der Waals surface area contributed by atoms with Crippen LogP contribution in [0.5, 0.6) is 11.5 Å². The Hall–Kier alpha value is -2.50. The number of hydrogen-bond acceptors (Lipinski definition) is 4. The van der Waals surface area contributed by atoms with Gasteiger partial charge in [-0.05, 0) is 32.4 Å². The van der Waals surface area contributed by atoms with Gasteiger partial charge >= 0.3 is 0 Å². The maximum atomic E-state index is 12.2. The Morgan fingerprint density at radius 2 is 1.96 bits per heavy atom. The average molecular weight is 320 g/mol. The fourth-order valence-electron chi connectivity index (χ4n) is 2.12. The molecular weight excluding hydrogens is 296 g/mol. The smallest absolute Gasteiger partial charge is 0.251 e. The van der Waals surface area contributed by atoms with Gasteiger partial charge in [0, 0.05) is 17.2 Å². The molecule has 2 amide bonds. The number of amides is 2. The Labute approximate surface area is 136 Å². The molecule has 0 aliphatic heterocycles. The molecule has 6 nitrogen and oxygen atoms in total. The summed E-state index contributed by atoms with van der Waals surface area (Å²) in [6.07, 6.45) is 2.25. The summed E-state index contributed by atoms with van der Waals surface area (Å²) >= 11 is 0. The molecule has 23 heavy (non-hydrogen) atoms. The van der Waals surface area contributed by atoms with Gasteiger partial charge in [0.2, 0.25) is 5.91 Å². The number of carbonyl (C=O) groups excluding carboxylic acids is 2. The first-order valence-corrected chi connectivity index (χ1v) is 7.36. The van der Waals surface area contributed by atoms with Crippen molar-refractivity contribution in [1.82, 2.24) is 10.6 Å². The predicted molar refractivity (Wildman–Crippen MR) is 89.1 cm³/mol. The maximum absolute atomic E-state index is 12.2. The third-order valence-electron chi connectivity index (χ3n) is 3.04. The lowest BCUT2D eigenvalue weighted by molar-refractivity contribution is -0.120. The van der Waals surface area contributed by atoms with Crippen LogP contribution in [0.3, 0.4) is 0 Å². The van der Waals surface area contributed by atoms with E-state index in [9.17, 15) is 9.59 Å². The highest BCUT2D eigenvalue weighted by Gasteiger charge is 2.16. The van der Waals surface area contributed by atoms with Crippen LogP contribution in [-0.4, -0.2) is 38.6 Å². The lowest BCUT2D eigenvalue weighted by Crippen LogP contribution is -2.39. The van der Waals surface area contributed by atoms with Gasteiger partial charge in [-0.2, -0.15) is 0 Å². The van der Waals surface area contributed by atoms with Crippen LogP contribution in [0.4, 0.5) is 0 Å². The summed E-state index contributed by atoms with van der Waals surface area (Å²) in [6, 6.07) is 3.32. The SMILES string of the molecule is C=CCc1cc(C(=O)NCC(=O)NC(C)C)cc(OC)c1OC. The van der Waals surface area contributed by atoms with E-state index in [-0.39, 0.29) is 24.4 Å². The molecule has 1 aromatic carbocycles. The molecule has 1 aromatic rings. The van der Waals surface area contributed by atoms with Crippen molar-refractivity contribution in [2.24, 2.45) is 0 Å². The zero-order valence-corrected chi connectivity index (χ0v) is 14.1. The fraction of sp³-hybridized carbons (Fsp3) is 0.412. The second kappa shape index (κ2) is 8.82. The average Bonchev–Trinajstić information content (AvgIpc) is 2.51. The number of hydrogen-bond donors (Lipinski definition) is 2. The number of rotatable bonds is 8. The first kappa shape index (κ1) is 18.5. The van der Waals surface area contributed by atoms with Crippen molar-refractivity contribution in [3.05, 3.63) is 35.9 Å². The number of methoxy groups -OCH3 is 2. The van der Waals surface area contributed by atoms with E-state index in [2.05, 4.69) is 17.2 Å². The second-order valence-corrected chi connectivity index (χ2v) is 5.27. The molecule has 0 fully saturated rings. The summed E-state index contributed by atoms with van der Waals surface area (Å²) in [6.45, 7) is 7.33. The van der Waals surface area contributed by atoms with E-state index in [0.717, 1.165) is 5.56 Å². The Morgan fingerprint density at radius 3 is 2.48 bits per heavy atom. The molecule has 0 heterocycles. The molecular formula is C17H24N2O4. The van der Waals surface area contributed by atoms with E-state index < -0.39 is 0 Å². The summed E-state index contributed by atoms with van der Waals surface area (Å²) in [5.74, 6) is 0.445. The van der Waals surface area contributed by atoms with Crippen molar-refractivity contribution < 1.29 is 19.1 Å². The van der Waals surface area contributed by atoms with Crippen LogP contribution in [0.15, 0.2) is 24.8 Å². The Kier molecular flexibility index (Phi) is 7.12. The molecule has 6 heteroatoms. The maximum Gasteiger partial charge on any atom is 0.251 e. The van der Waals surface area contributed by atoms with Crippen molar-refractivity contribution in [2.75, 3.05) is 20.8 Å². The standard InChI is InChI=1S/C17H24N2O4/c1-6-7-12-8-13(9-14(22-4)16(12)23-5)17(21)18-10-15(20)19-11(2)3/h6,8-9,11H,1,7,10H2,2-5H3,(H,18,21)(H,19,20). The van der Waals surface area contributed by atoms with Gasteiger partial charge in [-0.1, -0.05) is 6.08 Å². The molecule has 0 aliphatic rings. The quantitative estimate of drug-likeness (QED) is 0.715.